The van der Waals surface area contributed by atoms with Crippen LogP contribution >= 0.6 is 0 Å². The first-order valence-electron chi connectivity index (χ1n) is 5.04. The minimum Gasteiger partial charge on any atom is -0.392 e. The number of aliphatic hydroxyl groups is 1. The zero-order valence-electron chi connectivity index (χ0n) is 8.99. The van der Waals surface area contributed by atoms with Crippen LogP contribution < -0.4 is 0 Å². The highest BCUT2D eigenvalue weighted by atomic mass is 16.5. The molecule has 0 rings (SSSR count). The summed E-state index contributed by atoms with van der Waals surface area (Å²) in [7, 11) is 1.75. The molecule has 0 spiro atoms. The third-order valence-corrected chi connectivity index (χ3v) is 2.32. The van der Waals surface area contributed by atoms with E-state index in [2.05, 4.69) is 13.8 Å². The lowest BCUT2D eigenvalue weighted by Crippen LogP contribution is -2.19. The van der Waals surface area contributed by atoms with Crippen molar-refractivity contribution in [2.45, 2.75) is 39.2 Å². The van der Waals surface area contributed by atoms with E-state index in [1.165, 1.54) is 12.8 Å². The van der Waals surface area contributed by atoms with E-state index in [0.717, 1.165) is 6.42 Å². The van der Waals surface area contributed by atoms with E-state index in [4.69, 9.17) is 9.84 Å². The van der Waals surface area contributed by atoms with Crippen molar-refractivity contribution in [1.82, 2.24) is 0 Å². The predicted molar refractivity (Wildman–Crippen MR) is 55.7 cm³/mol. The second-order valence-electron chi connectivity index (χ2n) is 3.43. The van der Waals surface area contributed by atoms with Gasteiger partial charge in [-0.05, 0) is 18.8 Å². The van der Waals surface area contributed by atoms with Gasteiger partial charge in [-0.2, -0.15) is 0 Å². The Morgan fingerprint density at radius 2 is 2.08 bits per heavy atom. The average molecular weight is 186 g/mol. The van der Waals surface area contributed by atoms with Crippen LogP contribution in [0.25, 0.3) is 0 Å². The fourth-order valence-corrected chi connectivity index (χ4v) is 1.51. The minimum atomic E-state index is 0.124. The van der Waals surface area contributed by atoms with Gasteiger partial charge in [0, 0.05) is 7.11 Å². The van der Waals surface area contributed by atoms with Gasteiger partial charge < -0.3 is 9.84 Å². The van der Waals surface area contributed by atoms with E-state index in [1.807, 2.05) is 6.08 Å². The molecule has 0 saturated heterocycles. The van der Waals surface area contributed by atoms with Crippen LogP contribution in [0.15, 0.2) is 12.2 Å². The van der Waals surface area contributed by atoms with Gasteiger partial charge >= 0.3 is 0 Å². The molecule has 2 atom stereocenters. The molecular formula is C11H22O2. The Kier molecular flexibility index (Phi) is 8.05. The molecule has 0 fully saturated rings. The topological polar surface area (TPSA) is 29.5 Å². The van der Waals surface area contributed by atoms with Crippen molar-refractivity contribution in [1.29, 1.82) is 0 Å². The van der Waals surface area contributed by atoms with Crippen molar-refractivity contribution in [2.24, 2.45) is 5.92 Å². The summed E-state index contributed by atoms with van der Waals surface area (Å²) in [6, 6.07) is 0. The molecule has 0 bridgehead atoms. The molecule has 78 valence electrons. The molecule has 0 aromatic heterocycles. The van der Waals surface area contributed by atoms with E-state index >= 15 is 0 Å². The fraction of sp³-hybridized carbons (Fsp3) is 0.818. The maximum Gasteiger partial charge on any atom is 0.0631 e. The van der Waals surface area contributed by atoms with Gasteiger partial charge in [0.2, 0.25) is 0 Å². The summed E-state index contributed by atoms with van der Waals surface area (Å²) in [4.78, 5) is 0. The summed E-state index contributed by atoms with van der Waals surface area (Å²) in [5.74, 6) is 0.596. The number of methoxy groups -OCH3 is 1. The molecule has 1 N–H and O–H groups in total. The smallest absolute Gasteiger partial charge is 0.0631 e. The van der Waals surface area contributed by atoms with Crippen molar-refractivity contribution >= 4 is 0 Å². The van der Waals surface area contributed by atoms with E-state index in [0.29, 0.717) is 12.0 Å². The van der Waals surface area contributed by atoms with Gasteiger partial charge in [0.1, 0.15) is 0 Å². The van der Waals surface area contributed by atoms with Crippen LogP contribution in [0.5, 0.6) is 0 Å². The summed E-state index contributed by atoms with van der Waals surface area (Å²) in [5.41, 5.74) is 0. The molecule has 0 aliphatic carbocycles. The van der Waals surface area contributed by atoms with Gasteiger partial charge in [0.05, 0.1) is 12.7 Å². The Balaban J connectivity index is 3.79. The summed E-state index contributed by atoms with van der Waals surface area (Å²) in [6.45, 7) is 4.52. The number of rotatable bonds is 7. The molecule has 0 amide bonds. The Bertz CT molecular complexity index is 132. The molecule has 2 unspecified atom stereocenters. The van der Waals surface area contributed by atoms with Crippen molar-refractivity contribution in [3.63, 3.8) is 0 Å². The summed E-state index contributed by atoms with van der Waals surface area (Å²) in [5, 5.41) is 8.57. The number of aliphatic hydroxyl groups excluding tert-OH is 1. The van der Waals surface area contributed by atoms with Crippen LogP contribution in [-0.2, 0) is 4.74 Å². The molecule has 0 saturated carbocycles. The lowest BCUT2D eigenvalue weighted by molar-refractivity contribution is 0.0574. The molecule has 2 nitrogen and oxygen atoms in total. The van der Waals surface area contributed by atoms with E-state index in [-0.39, 0.29) is 6.61 Å². The quantitative estimate of drug-likeness (QED) is 0.618. The van der Waals surface area contributed by atoms with Crippen LogP contribution in [-0.4, -0.2) is 24.9 Å². The standard InChI is InChI=1S/C11H22O2/c1-4-7-10(2)11(13-3)8-5-6-9-12/h5-6,10-12H,4,7-9H2,1-3H3/b6-5+. The maximum atomic E-state index is 8.57. The Hall–Kier alpha value is -0.340. The third-order valence-electron chi connectivity index (χ3n) is 2.32. The Morgan fingerprint density at radius 1 is 1.38 bits per heavy atom. The van der Waals surface area contributed by atoms with Crippen molar-refractivity contribution in [3.8, 4) is 0 Å². The highest BCUT2D eigenvalue weighted by Gasteiger charge is 2.13. The fourth-order valence-electron chi connectivity index (χ4n) is 1.51. The molecule has 0 aliphatic rings. The molecule has 0 heterocycles. The first-order valence-corrected chi connectivity index (χ1v) is 5.04. The highest BCUT2D eigenvalue weighted by Crippen LogP contribution is 2.16. The van der Waals surface area contributed by atoms with Crippen molar-refractivity contribution < 1.29 is 9.84 Å². The highest BCUT2D eigenvalue weighted by molar-refractivity contribution is 4.85. The van der Waals surface area contributed by atoms with Crippen LogP contribution in [0.1, 0.15) is 33.1 Å². The Labute approximate surface area is 81.6 Å². The predicted octanol–water partition coefficient (Wildman–Crippen LogP) is 2.38. The summed E-state index contributed by atoms with van der Waals surface area (Å²) in [6.07, 6.45) is 7.35. The molecule has 0 radical (unpaired) electrons. The first-order chi connectivity index (χ1) is 6.26. The zero-order valence-corrected chi connectivity index (χ0v) is 8.99. The monoisotopic (exact) mass is 186 g/mol. The summed E-state index contributed by atoms with van der Waals surface area (Å²) < 4.78 is 5.38. The maximum absolute atomic E-state index is 8.57. The molecule has 0 aromatic carbocycles. The van der Waals surface area contributed by atoms with Crippen molar-refractivity contribution in [3.05, 3.63) is 12.2 Å². The lowest BCUT2D eigenvalue weighted by atomic mass is 9.97. The number of hydrogen-bond acceptors (Lipinski definition) is 2. The van der Waals surface area contributed by atoms with Gasteiger partial charge in [-0.15, -0.1) is 0 Å². The summed E-state index contributed by atoms with van der Waals surface area (Å²) >= 11 is 0. The number of hydrogen-bond donors (Lipinski definition) is 1. The van der Waals surface area contributed by atoms with E-state index < -0.39 is 0 Å². The molecule has 2 heteroatoms. The Morgan fingerprint density at radius 3 is 2.54 bits per heavy atom. The minimum absolute atomic E-state index is 0.124. The van der Waals surface area contributed by atoms with Crippen LogP contribution in [0.2, 0.25) is 0 Å². The van der Waals surface area contributed by atoms with Gasteiger partial charge in [-0.25, -0.2) is 0 Å². The second kappa shape index (κ2) is 8.27. The van der Waals surface area contributed by atoms with Crippen LogP contribution in [0.3, 0.4) is 0 Å². The van der Waals surface area contributed by atoms with Gasteiger partial charge in [-0.1, -0.05) is 32.4 Å². The van der Waals surface area contributed by atoms with Gasteiger partial charge in [0.25, 0.3) is 0 Å². The molecular weight excluding hydrogens is 164 g/mol. The zero-order chi connectivity index (χ0) is 10.1. The van der Waals surface area contributed by atoms with Gasteiger partial charge in [0.15, 0.2) is 0 Å². The molecule has 0 aliphatic heterocycles. The molecule has 13 heavy (non-hydrogen) atoms. The van der Waals surface area contributed by atoms with E-state index in [1.54, 1.807) is 13.2 Å². The lowest BCUT2D eigenvalue weighted by Gasteiger charge is -2.20. The number of ether oxygens (including phenoxy) is 1. The van der Waals surface area contributed by atoms with E-state index in [9.17, 15) is 0 Å². The molecule has 0 aromatic rings. The normalized spacial score (nSPS) is 16.3. The largest absolute Gasteiger partial charge is 0.392 e. The first kappa shape index (κ1) is 12.7. The van der Waals surface area contributed by atoms with Crippen LogP contribution in [0, 0.1) is 5.92 Å². The van der Waals surface area contributed by atoms with Gasteiger partial charge in [-0.3, -0.25) is 0 Å². The second-order valence-corrected chi connectivity index (χ2v) is 3.43. The van der Waals surface area contributed by atoms with Crippen molar-refractivity contribution in [2.75, 3.05) is 13.7 Å². The van der Waals surface area contributed by atoms with Crippen LogP contribution in [0.4, 0.5) is 0 Å². The average Bonchev–Trinajstić information content (AvgIpc) is 2.13. The third kappa shape index (κ3) is 5.83. The SMILES string of the molecule is CCCC(C)C(C/C=C/CO)OC.